The summed E-state index contributed by atoms with van der Waals surface area (Å²) in [5.41, 5.74) is 1.28. The van der Waals surface area contributed by atoms with E-state index in [-0.39, 0.29) is 18.3 Å². The van der Waals surface area contributed by atoms with Crippen molar-refractivity contribution < 1.29 is 19.0 Å². The van der Waals surface area contributed by atoms with Gasteiger partial charge in [0, 0.05) is 22.1 Å². The van der Waals surface area contributed by atoms with Crippen molar-refractivity contribution in [3.8, 4) is 5.75 Å². The van der Waals surface area contributed by atoms with E-state index in [2.05, 4.69) is 21.2 Å². The molecule has 0 aromatic heterocycles. The van der Waals surface area contributed by atoms with Crippen molar-refractivity contribution in [3.63, 3.8) is 0 Å². The molecule has 6 heteroatoms. The molecule has 1 unspecified atom stereocenters. The third-order valence-corrected chi connectivity index (χ3v) is 4.40. The molecule has 1 atom stereocenters. The molecule has 0 aliphatic carbocycles. The summed E-state index contributed by atoms with van der Waals surface area (Å²) in [6.45, 7) is 4.42. The molecule has 0 heterocycles. The van der Waals surface area contributed by atoms with Gasteiger partial charge in [-0.15, -0.1) is 0 Å². The molecule has 0 bridgehead atoms. The van der Waals surface area contributed by atoms with Crippen LogP contribution < -0.4 is 10.1 Å². The van der Waals surface area contributed by atoms with Crippen LogP contribution in [0.15, 0.2) is 46.9 Å². The summed E-state index contributed by atoms with van der Waals surface area (Å²) < 4.78 is 20.4. The summed E-state index contributed by atoms with van der Waals surface area (Å²) in [4.78, 5) is 11.4. The van der Waals surface area contributed by atoms with Crippen LogP contribution in [0.3, 0.4) is 0 Å². The molecule has 2 aromatic rings. The molecule has 2 rings (SSSR count). The molecule has 0 aliphatic rings. The van der Waals surface area contributed by atoms with Crippen LogP contribution in [0.4, 0.5) is 4.39 Å². The number of carbonyl (C=O) groups is 1. The van der Waals surface area contributed by atoms with Crippen molar-refractivity contribution >= 4 is 21.9 Å². The lowest BCUT2D eigenvalue weighted by Crippen LogP contribution is -2.37. The molecule has 26 heavy (non-hydrogen) atoms. The zero-order valence-electron chi connectivity index (χ0n) is 14.8. The number of hydrogen-bond donors (Lipinski definition) is 2. The maximum atomic E-state index is 13.8. The summed E-state index contributed by atoms with van der Waals surface area (Å²) >= 11 is 3.42. The van der Waals surface area contributed by atoms with Gasteiger partial charge in [0.1, 0.15) is 24.2 Å². The standard InChI is InChI=1S/C20H23BrFNO3/c1-13(2)9-18(20(24)25)23-11-15-10-16(21)7-8-19(15)26-12-14-5-3-4-6-17(14)22/h3-8,10,13,18,23H,9,11-12H2,1-2H3,(H,24,25). The Labute approximate surface area is 161 Å². The van der Waals surface area contributed by atoms with Crippen molar-refractivity contribution in [2.75, 3.05) is 0 Å². The fourth-order valence-corrected chi connectivity index (χ4v) is 2.98. The van der Waals surface area contributed by atoms with E-state index in [1.165, 1.54) is 6.07 Å². The van der Waals surface area contributed by atoms with E-state index in [9.17, 15) is 14.3 Å². The smallest absolute Gasteiger partial charge is 0.320 e. The topological polar surface area (TPSA) is 58.6 Å². The minimum absolute atomic E-state index is 0.107. The highest BCUT2D eigenvalue weighted by molar-refractivity contribution is 9.10. The van der Waals surface area contributed by atoms with Gasteiger partial charge in [-0.1, -0.05) is 48.0 Å². The number of ether oxygens (including phenoxy) is 1. The molecular weight excluding hydrogens is 401 g/mol. The fraction of sp³-hybridized carbons (Fsp3) is 0.350. The fourth-order valence-electron chi connectivity index (χ4n) is 2.57. The number of nitrogens with one attached hydrogen (secondary N) is 1. The Morgan fingerprint density at radius 1 is 1.23 bits per heavy atom. The van der Waals surface area contributed by atoms with E-state index in [0.717, 1.165) is 10.0 Å². The molecule has 4 nitrogen and oxygen atoms in total. The van der Waals surface area contributed by atoms with Crippen LogP contribution in [0.5, 0.6) is 5.75 Å². The monoisotopic (exact) mass is 423 g/mol. The highest BCUT2D eigenvalue weighted by Crippen LogP contribution is 2.25. The number of halogens is 2. The normalized spacial score (nSPS) is 12.2. The molecule has 0 saturated heterocycles. The Morgan fingerprint density at radius 3 is 2.62 bits per heavy atom. The number of aliphatic carboxylic acids is 1. The Kier molecular flexibility index (Phi) is 7.60. The van der Waals surface area contributed by atoms with Crippen molar-refractivity contribution in [1.29, 1.82) is 0 Å². The van der Waals surface area contributed by atoms with Crippen molar-refractivity contribution in [2.24, 2.45) is 5.92 Å². The van der Waals surface area contributed by atoms with Crippen LogP contribution in [0.1, 0.15) is 31.4 Å². The van der Waals surface area contributed by atoms with Gasteiger partial charge in [-0.05, 0) is 36.6 Å². The Bertz CT molecular complexity index is 752. The summed E-state index contributed by atoms with van der Waals surface area (Å²) in [6, 6.07) is 11.3. The van der Waals surface area contributed by atoms with Crippen LogP contribution in [-0.4, -0.2) is 17.1 Å². The van der Waals surface area contributed by atoms with E-state index in [4.69, 9.17) is 4.74 Å². The lowest BCUT2D eigenvalue weighted by atomic mass is 10.0. The van der Waals surface area contributed by atoms with Gasteiger partial charge in [-0.25, -0.2) is 4.39 Å². The van der Waals surface area contributed by atoms with Gasteiger partial charge in [0.05, 0.1) is 0 Å². The van der Waals surface area contributed by atoms with Crippen LogP contribution in [0.2, 0.25) is 0 Å². The first-order chi connectivity index (χ1) is 12.4. The van der Waals surface area contributed by atoms with E-state index in [1.807, 2.05) is 26.0 Å². The average molecular weight is 424 g/mol. The number of carboxylic acid groups (broad SMARTS) is 1. The first-order valence-electron chi connectivity index (χ1n) is 8.47. The number of hydrogen-bond acceptors (Lipinski definition) is 3. The highest BCUT2D eigenvalue weighted by Gasteiger charge is 2.19. The Hall–Kier alpha value is -1.92. The third-order valence-electron chi connectivity index (χ3n) is 3.91. The van der Waals surface area contributed by atoms with Gasteiger partial charge < -0.3 is 15.2 Å². The zero-order chi connectivity index (χ0) is 19.1. The molecule has 0 spiro atoms. The SMILES string of the molecule is CC(C)CC(NCc1cc(Br)ccc1OCc1ccccc1F)C(=O)O. The van der Waals surface area contributed by atoms with Crippen LogP contribution >= 0.6 is 15.9 Å². The second-order valence-corrected chi connectivity index (χ2v) is 7.45. The number of benzene rings is 2. The Morgan fingerprint density at radius 2 is 1.96 bits per heavy atom. The molecule has 2 aromatic carbocycles. The average Bonchev–Trinajstić information content (AvgIpc) is 2.58. The molecule has 2 N–H and O–H groups in total. The van der Waals surface area contributed by atoms with Gasteiger partial charge in [0.2, 0.25) is 0 Å². The molecule has 140 valence electrons. The summed E-state index contributed by atoms with van der Waals surface area (Å²) in [5, 5.41) is 12.4. The molecular formula is C20H23BrFNO3. The van der Waals surface area contributed by atoms with Crippen LogP contribution in [0.25, 0.3) is 0 Å². The van der Waals surface area contributed by atoms with Crippen molar-refractivity contribution in [1.82, 2.24) is 5.32 Å². The molecule has 0 saturated carbocycles. The summed E-state index contributed by atoms with van der Waals surface area (Å²) in [7, 11) is 0. The molecule has 0 radical (unpaired) electrons. The summed E-state index contributed by atoms with van der Waals surface area (Å²) in [6.07, 6.45) is 0.536. The van der Waals surface area contributed by atoms with Crippen molar-refractivity contribution in [3.05, 3.63) is 63.9 Å². The minimum atomic E-state index is -0.873. The second kappa shape index (κ2) is 9.69. The predicted octanol–water partition coefficient (Wildman–Crippen LogP) is 4.76. The number of carboxylic acids is 1. The molecule has 0 aliphatic heterocycles. The largest absolute Gasteiger partial charge is 0.488 e. The van der Waals surface area contributed by atoms with Crippen LogP contribution in [0, 0.1) is 11.7 Å². The maximum Gasteiger partial charge on any atom is 0.320 e. The maximum absolute atomic E-state index is 13.8. The number of rotatable bonds is 9. The van der Waals surface area contributed by atoms with E-state index < -0.39 is 12.0 Å². The highest BCUT2D eigenvalue weighted by atomic mass is 79.9. The van der Waals surface area contributed by atoms with E-state index in [1.54, 1.807) is 24.3 Å². The first-order valence-corrected chi connectivity index (χ1v) is 9.27. The third kappa shape index (κ3) is 6.11. The lowest BCUT2D eigenvalue weighted by Gasteiger charge is -2.18. The minimum Gasteiger partial charge on any atom is -0.488 e. The summed E-state index contributed by atoms with van der Waals surface area (Å²) in [5.74, 6) is -0.324. The van der Waals surface area contributed by atoms with Gasteiger partial charge in [-0.3, -0.25) is 4.79 Å². The first kappa shape index (κ1) is 20.4. The van der Waals surface area contributed by atoms with Gasteiger partial charge in [0.25, 0.3) is 0 Å². The van der Waals surface area contributed by atoms with Gasteiger partial charge >= 0.3 is 5.97 Å². The molecule has 0 amide bonds. The lowest BCUT2D eigenvalue weighted by molar-refractivity contribution is -0.140. The Balaban J connectivity index is 2.09. The zero-order valence-corrected chi connectivity index (χ0v) is 16.4. The van der Waals surface area contributed by atoms with Crippen LogP contribution in [-0.2, 0) is 17.9 Å². The quantitative estimate of drug-likeness (QED) is 0.610. The molecule has 0 fully saturated rings. The van der Waals surface area contributed by atoms with Crippen molar-refractivity contribution in [2.45, 2.75) is 39.5 Å². The van der Waals surface area contributed by atoms with Gasteiger partial charge in [-0.2, -0.15) is 0 Å². The van der Waals surface area contributed by atoms with E-state index >= 15 is 0 Å². The predicted molar refractivity (Wildman–Crippen MR) is 103 cm³/mol. The van der Waals surface area contributed by atoms with Gasteiger partial charge in [0.15, 0.2) is 0 Å². The second-order valence-electron chi connectivity index (χ2n) is 6.53. The van der Waals surface area contributed by atoms with E-state index in [0.29, 0.717) is 24.3 Å².